The molecule has 0 saturated heterocycles. The minimum atomic E-state index is -1.17. The van der Waals surface area contributed by atoms with E-state index < -0.39 is 28.9 Å². The lowest BCUT2D eigenvalue weighted by atomic mass is 9.33. The van der Waals surface area contributed by atoms with E-state index >= 15 is 0 Å². The third-order valence-electron chi connectivity index (χ3n) is 16.8. The van der Waals surface area contributed by atoms with Crippen LogP contribution >= 0.6 is 0 Å². The summed E-state index contributed by atoms with van der Waals surface area (Å²) in [6.45, 7) is 22.5. The number of hydrogen-bond acceptors (Lipinski definition) is 9. The number of aromatic nitrogens is 2. The Hall–Kier alpha value is -2.69. The highest BCUT2D eigenvalue weighted by atomic mass is 16.5. The topological polar surface area (TPSA) is 133 Å². The van der Waals surface area contributed by atoms with Crippen LogP contribution in [0.4, 0.5) is 0 Å². The highest BCUT2D eigenvalue weighted by Gasteiger charge is 2.71. The number of ether oxygens (including phenoxy) is 1. The van der Waals surface area contributed by atoms with Crippen molar-refractivity contribution in [2.45, 2.75) is 145 Å². The van der Waals surface area contributed by atoms with E-state index in [4.69, 9.17) is 4.74 Å². The lowest BCUT2D eigenvalue weighted by Gasteiger charge is -2.72. The Bertz CT molecular complexity index is 1690. The summed E-state index contributed by atoms with van der Waals surface area (Å²) < 4.78 is 6.19. The van der Waals surface area contributed by atoms with Crippen LogP contribution in [0.15, 0.2) is 29.9 Å². The Morgan fingerprint density at radius 1 is 0.929 bits per heavy atom. The fourth-order valence-corrected chi connectivity index (χ4v) is 13.6. The molecule has 9 atom stereocenters. The predicted molar refractivity (Wildman–Crippen MR) is 217 cm³/mol. The quantitative estimate of drug-likeness (QED) is 0.193. The molecule has 1 aromatic rings. The number of carboxylic acid groups (broad SMARTS) is 1. The molecule has 4 fully saturated rings. The van der Waals surface area contributed by atoms with Gasteiger partial charge in [-0.2, -0.15) is 0 Å². The minimum Gasteiger partial charge on any atom is -0.481 e. The minimum absolute atomic E-state index is 0.0327. The second-order valence-electron chi connectivity index (χ2n) is 21.4. The van der Waals surface area contributed by atoms with Crippen LogP contribution in [0.2, 0.25) is 0 Å². The number of nitrogens with zero attached hydrogens (tertiary/aromatic N) is 4. The predicted octanol–water partition coefficient (Wildman–Crippen LogP) is 7.59. The number of aliphatic hydroxyl groups is 1. The molecule has 2 N–H and O–H groups in total. The molecule has 312 valence electrons. The third-order valence-corrected chi connectivity index (χ3v) is 16.8. The van der Waals surface area contributed by atoms with Crippen LogP contribution in [0.3, 0.4) is 0 Å². The van der Waals surface area contributed by atoms with E-state index in [-0.39, 0.29) is 51.8 Å². The Kier molecular flexibility index (Phi) is 11.6. The van der Waals surface area contributed by atoms with Gasteiger partial charge >= 0.3 is 11.9 Å². The van der Waals surface area contributed by atoms with Crippen molar-refractivity contribution in [2.24, 2.45) is 56.2 Å². The Morgan fingerprint density at radius 3 is 2.23 bits per heavy atom. The van der Waals surface area contributed by atoms with Gasteiger partial charge in [0.15, 0.2) is 5.78 Å². The maximum absolute atomic E-state index is 14.3. The van der Waals surface area contributed by atoms with Gasteiger partial charge in [0.25, 0.3) is 0 Å². The molecular weight excluding hydrogens is 705 g/mol. The van der Waals surface area contributed by atoms with Gasteiger partial charge in [-0.15, -0.1) is 0 Å². The summed E-state index contributed by atoms with van der Waals surface area (Å²) >= 11 is 0. The van der Waals surface area contributed by atoms with E-state index in [1.54, 1.807) is 20.2 Å². The van der Waals surface area contributed by atoms with Crippen LogP contribution < -0.4 is 0 Å². The first kappa shape index (κ1) is 42.9. The van der Waals surface area contributed by atoms with Crippen molar-refractivity contribution in [1.82, 2.24) is 19.8 Å². The molecule has 4 saturated carbocycles. The number of aliphatic hydroxyl groups excluding tert-OH is 1. The first-order valence-corrected chi connectivity index (χ1v) is 21.5. The van der Waals surface area contributed by atoms with Crippen LogP contribution in [0.1, 0.15) is 132 Å². The highest BCUT2D eigenvalue weighted by molar-refractivity contribution is 6.00. The summed E-state index contributed by atoms with van der Waals surface area (Å²) in [5.41, 5.74) is 1.37. The molecule has 10 heteroatoms. The molecule has 5 aliphatic rings. The number of allylic oxidation sites excluding steroid dienone is 1. The zero-order valence-electron chi connectivity index (χ0n) is 36.4. The molecule has 1 heterocycles. The fourth-order valence-electron chi connectivity index (χ4n) is 13.6. The number of carbonyl (C=O) groups is 3. The summed E-state index contributed by atoms with van der Waals surface area (Å²) in [6, 6.07) is 0. The number of likely N-dealkylation sites (N-methyl/N-ethyl adjacent to an activating group) is 1. The van der Waals surface area contributed by atoms with Crippen molar-refractivity contribution >= 4 is 17.7 Å². The van der Waals surface area contributed by atoms with Crippen molar-refractivity contribution in [2.75, 3.05) is 33.7 Å². The van der Waals surface area contributed by atoms with E-state index in [9.17, 15) is 24.6 Å². The number of fused-ring (bicyclic) bond motifs is 7. The molecular formula is C46H72N4O6. The Balaban J connectivity index is 1.29. The standard InChI is InChI=1S/C46H72N4O6/c1-29(2)38-32(51)22-46(35(52)27-50(21-20-49(10)11)26-30-24-47-28-48-25-30)19-18-44(8)31(39(38)46)12-13-34-43(7)16-15-36(56-37(53)23-41(3,4)40(54)55)42(5,6)33(43)14-17-45(34,44)9/h24-25,28-29,31,33-36,52H,12-23,26-27H2,1-11H3,(H,54,55). The molecule has 5 aliphatic carbocycles. The largest absolute Gasteiger partial charge is 0.481 e. The SMILES string of the molecule is CC(C)C1=C2C3CCC4C5(C)CCC(OC(=O)CC(C)(C)C(=O)O)C(C)(C)C5CCC4(C)C3(C)CCC2(C(O)CN(CCN(C)C)Cc2cncnc2)CC1=O. The van der Waals surface area contributed by atoms with Gasteiger partial charge in [-0.25, -0.2) is 9.97 Å². The molecule has 0 aromatic carbocycles. The monoisotopic (exact) mass is 777 g/mol. The van der Waals surface area contributed by atoms with Gasteiger partial charge in [0.2, 0.25) is 0 Å². The van der Waals surface area contributed by atoms with Crippen LogP contribution in [-0.2, 0) is 25.7 Å². The smallest absolute Gasteiger partial charge is 0.309 e. The molecule has 1 aromatic heterocycles. The number of carbonyl (C=O) groups excluding carboxylic acids is 2. The Morgan fingerprint density at radius 2 is 1.61 bits per heavy atom. The molecule has 9 unspecified atom stereocenters. The van der Waals surface area contributed by atoms with Crippen LogP contribution in [0.5, 0.6) is 0 Å². The first-order chi connectivity index (χ1) is 26.0. The number of ketones is 1. The van der Waals surface area contributed by atoms with Gasteiger partial charge in [0.1, 0.15) is 12.4 Å². The Labute approximate surface area is 336 Å². The number of esters is 1. The summed E-state index contributed by atoms with van der Waals surface area (Å²) in [6.07, 6.45) is 12.3. The van der Waals surface area contributed by atoms with Crippen LogP contribution in [0.25, 0.3) is 0 Å². The lowest BCUT2D eigenvalue weighted by molar-refractivity contribution is -0.235. The van der Waals surface area contributed by atoms with Crippen LogP contribution in [-0.4, -0.2) is 93.6 Å². The summed E-state index contributed by atoms with van der Waals surface area (Å²) in [5.74, 6) is -0.0122. The van der Waals surface area contributed by atoms with Gasteiger partial charge in [-0.1, -0.05) is 54.0 Å². The maximum Gasteiger partial charge on any atom is 0.309 e. The average molecular weight is 777 g/mol. The van der Waals surface area contributed by atoms with Gasteiger partial charge in [0.05, 0.1) is 17.9 Å². The van der Waals surface area contributed by atoms with E-state index in [1.807, 2.05) is 12.4 Å². The summed E-state index contributed by atoms with van der Waals surface area (Å²) in [7, 11) is 4.15. The molecule has 10 nitrogen and oxygen atoms in total. The zero-order valence-corrected chi connectivity index (χ0v) is 36.4. The van der Waals surface area contributed by atoms with Gasteiger partial charge in [0, 0.05) is 61.4 Å². The normalized spacial score (nSPS) is 35.9. The van der Waals surface area contributed by atoms with Crippen molar-refractivity contribution < 1.29 is 29.3 Å². The zero-order chi connectivity index (χ0) is 41.2. The van der Waals surface area contributed by atoms with E-state index in [1.165, 1.54) is 5.57 Å². The van der Waals surface area contributed by atoms with E-state index in [0.717, 1.165) is 75.6 Å². The maximum atomic E-state index is 14.3. The lowest BCUT2D eigenvalue weighted by Crippen LogP contribution is -2.66. The molecule has 0 radical (unpaired) electrons. The molecule has 0 aliphatic heterocycles. The van der Waals surface area contributed by atoms with Gasteiger partial charge in [-0.05, 0) is 125 Å². The second kappa shape index (κ2) is 15.2. The number of carboxylic acids is 1. The second-order valence-corrected chi connectivity index (χ2v) is 21.4. The number of rotatable bonds is 13. The first-order valence-electron chi connectivity index (χ1n) is 21.5. The number of Topliss-reactive ketones (excluding diaryl/α,β-unsaturated/α-hetero) is 1. The third kappa shape index (κ3) is 7.09. The molecule has 0 spiro atoms. The summed E-state index contributed by atoms with van der Waals surface area (Å²) in [5, 5.41) is 22.3. The van der Waals surface area contributed by atoms with Crippen molar-refractivity contribution in [3.63, 3.8) is 0 Å². The van der Waals surface area contributed by atoms with Gasteiger partial charge in [-0.3, -0.25) is 19.3 Å². The molecule has 0 amide bonds. The highest BCUT2D eigenvalue weighted by Crippen LogP contribution is 2.77. The molecule has 0 bridgehead atoms. The average Bonchev–Trinajstić information content (AvgIpc) is 3.42. The van der Waals surface area contributed by atoms with Crippen molar-refractivity contribution in [3.8, 4) is 0 Å². The van der Waals surface area contributed by atoms with Crippen molar-refractivity contribution in [1.29, 1.82) is 0 Å². The fraction of sp³-hybridized carbons (Fsp3) is 0.804. The van der Waals surface area contributed by atoms with Gasteiger partial charge < -0.3 is 19.8 Å². The molecule has 6 rings (SSSR count). The number of hydrogen-bond donors (Lipinski definition) is 2. The molecule has 56 heavy (non-hydrogen) atoms. The van der Waals surface area contributed by atoms with E-state index in [2.05, 4.69) is 82.3 Å². The summed E-state index contributed by atoms with van der Waals surface area (Å²) in [4.78, 5) is 52.2. The van der Waals surface area contributed by atoms with Crippen LogP contribution in [0, 0.1) is 56.2 Å². The number of aliphatic carboxylic acids is 1. The van der Waals surface area contributed by atoms with Crippen molar-refractivity contribution in [3.05, 3.63) is 35.4 Å². The van der Waals surface area contributed by atoms with E-state index in [0.29, 0.717) is 31.3 Å².